The summed E-state index contributed by atoms with van der Waals surface area (Å²) in [5.41, 5.74) is 1.31. The van der Waals surface area contributed by atoms with Crippen LogP contribution in [0.5, 0.6) is 0 Å². The van der Waals surface area contributed by atoms with E-state index in [1.807, 2.05) is 4.90 Å². The lowest BCUT2D eigenvalue weighted by atomic mass is 10.0. The molecule has 1 aromatic carbocycles. The Kier molecular flexibility index (Phi) is 6.70. The van der Waals surface area contributed by atoms with Crippen LogP contribution in [-0.4, -0.2) is 53.2 Å². The quantitative estimate of drug-likeness (QED) is 0.817. The largest absolute Gasteiger partial charge is 0.342 e. The fourth-order valence-corrected chi connectivity index (χ4v) is 4.02. The van der Waals surface area contributed by atoms with E-state index in [0.29, 0.717) is 17.8 Å². The van der Waals surface area contributed by atoms with Gasteiger partial charge in [-0.2, -0.15) is 0 Å². The van der Waals surface area contributed by atoms with Crippen molar-refractivity contribution < 1.29 is 14.4 Å². The molecule has 0 aromatic heterocycles. The molecule has 3 amide bonds. The zero-order valence-electron chi connectivity index (χ0n) is 16.9. The average Bonchev–Trinajstić information content (AvgIpc) is 3.07. The number of carbonyl (C=O) groups excluding carboxylic acids is 3. The predicted molar refractivity (Wildman–Crippen MR) is 109 cm³/mol. The number of hydrogen-bond donors (Lipinski definition) is 1. The molecule has 0 aliphatic carbocycles. The Morgan fingerprint density at radius 1 is 1.18 bits per heavy atom. The molecule has 0 spiro atoms. The van der Waals surface area contributed by atoms with Crippen LogP contribution in [0.4, 0.5) is 5.69 Å². The fourth-order valence-electron chi connectivity index (χ4n) is 4.02. The minimum Gasteiger partial charge on any atom is -0.342 e. The Hall–Kier alpha value is -2.37. The molecular formula is C22H31N3O3. The van der Waals surface area contributed by atoms with E-state index < -0.39 is 0 Å². The number of carbonyl (C=O) groups is 3. The van der Waals surface area contributed by atoms with Crippen LogP contribution in [0, 0.1) is 5.92 Å². The lowest BCUT2D eigenvalue weighted by Gasteiger charge is -2.33. The van der Waals surface area contributed by atoms with Gasteiger partial charge in [0.25, 0.3) is 5.91 Å². The van der Waals surface area contributed by atoms with Crippen LogP contribution in [0.3, 0.4) is 0 Å². The maximum Gasteiger partial charge on any atom is 0.254 e. The summed E-state index contributed by atoms with van der Waals surface area (Å²) < 4.78 is 0. The smallest absolute Gasteiger partial charge is 0.254 e. The lowest BCUT2D eigenvalue weighted by molar-refractivity contribution is -0.128. The van der Waals surface area contributed by atoms with Crippen molar-refractivity contribution in [3.8, 4) is 0 Å². The summed E-state index contributed by atoms with van der Waals surface area (Å²) in [7, 11) is 0. The molecule has 28 heavy (non-hydrogen) atoms. The van der Waals surface area contributed by atoms with Gasteiger partial charge in [-0.25, -0.2) is 0 Å². The Labute approximate surface area is 167 Å². The minimum atomic E-state index is -0.306. The number of nitrogens with zero attached hydrogens (tertiary/aromatic N) is 2. The predicted octanol–water partition coefficient (Wildman–Crippen LogP) is 3.29. The second-order valence-electron chi connectivity index (χ2n) is 8.00. The zero-order valence-corrected chi connectivity index (χ0v) is 16.9. The number of piperidine rings is 1. The van der Waals surface area contributed by atoms with Crippen LogP contribution < -0.4 is 5.32 Å². The van der Waals surface area contributed by atoms with E-state index in [2.05, 4.69) is 19.2 Å². The Morgan fingerprint density at radius 3 is 2.61 bits per heavy atom. The molecule has 2 atom stereocenters. The number of unbranched alkanes of at least 4 members (excludes halogenated alkanes) is 1. The molecule has 152 valence electrons. The molecule has 2 saturated heterocycles. The van der Waals surface area contributed by atoms with E-state index in [0.717, 1.165) is 38.8 Å². The first-order chi connectivity index (χ1) is 13.5. The van der Waals surface area contributed by atoms with E-state index in [4.69, 9.17) is 0 Å². The topological polar surface area (TPSA) is 69.7 Å². The second-order valence-corrected chi connectivity index (χ2v) is 8.00. The summed E-state index contributed by atoms with van der Waals surface area (Å²) in [6.45, 7) is 6.21. The Morgan fingerprint density at radius 2 is 1.93 bits per heavy atom. The molecule has 2 heterocycles. The van der Waals surface area contributed by atoms with Crippen molar-refractivity contribution in [3.05, 3.63) is 29.8 Å². The van der Waals surface area contributed by atoms with Crippen molar-refractivity contribution in [1.82, 2.24) is 9.80 Å². The van der Waals surface area contributed by atoms with Crippen molar-refractivity contribution in [1.29, 1.82) is 0 Å². The van der Waals surface area contributed by atoms with E-state index in [1.54, 1.807) is 29.2 Å². The monoisotopic (exact) mass is 385 g/mol. The van der Waals surface area contributed by atoms with Crippen LogP contribution in [0.25, 0.3) is 0 Å². The number of likely N-dealkylation sites (tertiary alicyclic amines) is 2. The van der Waals surface area contributed by atoms with Gasteiger partial charge in [-0.3, -0.25) is 14.4 Å². The minimum absolute atomic E-state index is 0.0537. The van der Waals surface area contributed by atoms with Gasteiger partial charge in [0, 0.05) is 43.3 Å². The van der Waals surface area contributed by atoms with Gasteiger partial charge in [0.1, 0.15) is 0 Å². The third kappa shape index (κ3) is 4.72. The highest BCUT2D eigenvalue weighted by molar-refractivity contribution is 5.98. The van der Waals surface area contributed by atoms with Gasteiger partial charge in [-0.15, -0.1) is 0 Å². The molecule has 6 heteroatoms. The van der Waals surface area contributed by atoms with Gasteiger partial charge in [0.2, 0.25) is 11.8 Å². The molecule has 1 N–H and O–H groups in total. The molecule has 0 bridgehead atoms. The third-order valence-electron chi connectivity index (χ3n) is 5.83. The van der Waals surface area contributed by atoms with E-state index in [9.17, 15) is 14.4 Å². The molecule has 1 aromatic rings. The number of rotatable bonds is 6. The highest BCUT2D eigenvalue weighted by Gasteiger charge is 2.33. The van der Waals surface area contributed by atoms with Crippen LogP contribution in [-0.2, 0) is 9.59 Å². The fraction of sp³-hybridized carbons (Fsp3) is 0.591. The first-order valence-corrected chi connectivity index (χ1v) is 10.5. The average molecular weight is 386 g/mol. The molecule has 2 fully saturated rings. The lowest BCUT2D eigenvalue weighted by Crippen LogP contribution is -2.42. The summed E-state index contributed by atoms with van der Waals surface area (Å²) in [6, 6.07) is 7.35. The standard InChI is InChI=1S/C22H31N3O3/c1-3-4-12-24-15-18(14-20(24)26)21(27)23-19-10-8-17(9-11-19)22(28)25-13-6-5-7-16(25)2/h8-11,16,18H,3-7,12-15H2,1-2H3,(H,23,27). The van der Waals surface area contributed by atoms with Crippen molar-refractivity contribution in [2.24, 2.45) is 5.92 Å². The van der Waals surface area contributed by atoms with E-state index >= 15 is 0 Å². The summed E-state index contributed by atoms with van der Waals surface area (Å²) in [5, 5.41) is 2.89. The summed E-state index contributed by atoms with van der Waals surface area (Å²) >= 11 is 0. The molecule has 3 rings (SSSR count). The maximum absolute atomic E-state index is 12.7. The second kappa shape index (κ2) is 9.22. The van der Waals surface area contributed by atoms with Crippen molar-refractivity contribution in [2.45, 2.75) is 58.4 Å². The first-order valence-electron chi connectivity index (χ1n) is 10.5. The first kappa shape index (κ1) is 20.4. The number of amides is 3. The van der Waals surface area contributed by atoms with Gasteiger partial charge in [0.15, 0.2) is 0 Å². The van der Waals surface area contributed by atoms with Crippen molar-refractivity contribution in [3.63, 3.8) is 0 Å². The molecule has 0 saturated carbocycles. The van der Waals surface area contributed by atoms with Gasteiger partial charge in [-0.05, 0) is 56.9 Å². The highest BCUT2D eigenvalue weighted by atomic mass is 16.2. The van der Waals surface area contributed by atoms with Crippen LogP contribution >= 0.6 is 0 Å². The number of nitrogens with one attached hydrogen (secondary N) is 1. The van der Waals surface area contributed by atoms with Crippen molar-refractivity contribution >= 4 is 23.4 Å². The van der Waals surface area contributed by atoms with Crippen molar-refractivity contribution in [2.75, 3.05) is 25.0 Å². The number of benzene rings is 1. The van der Waals surface area contributed by atoms with Gasteiger partial charge in [0.05, 0.1) is 5.92 Å². The molecule has 2 aliphatic heterocycles. The van der Waals surface area contributed by atoms with Crippen LogP contribution in [0.1, 0.15) is 62.7 Å². The molecule has 6 nitrogen and oxygen atoms in total. The zero-order chi connectivity index (χ0) is 20.1. The van der Waals surface area contributed by atoms with Crippen LogP contribution in [0.2, 0.25) is 0 Å². The van der Waals surface area contributed by atoms with Gasteiger partial charge < -0.3 is 15.1 Å². The molecule has 2 unspecified atom stereocenters. The highest BCUT2D eigenvalue weighted by Crippen LogP contribution is 2.22. The van der Waals surface area contributed by atoms with Gasteiger partial charge >= 0.3 is 0 Å². The third-order valence-corrected chi connectivity index (χ3v) is 5.83. The Bertz CT molecular complexity index is 716. The van der Waals surface area contributed by atoms with Gasteiger partial charge in [-0.1, -0.05) is 13.3 Å². The summed E-state index contributed by atoms with van der Waals surface area (Å²) in [6.07, 6.45) is 5.55. The van der Waals surface area contributed by atoms with E-state index in [-0.39, 0.29) is 36.1 Å². The SMILES string of the molecule is CCCCN1CC(C(=O)Nc2ccc(C(=O)N3CCCCC3C)cc2)CC1=O. The molecule has 0 radical (unpaired) electrons. The van der Waals surface area contributed by atoms with E-state index in [1.165, 1.54) is 6.42 Å². The normalized spacial score (nSPS) is 22.4. The Balaban J connectivity index is 1.56. The number of hydrogen-bond acceptors (Lipinski definition) is 3. The number of anilines is 1. The molecule has 2 aliphatic rings. The van der Waals surface area contributed by atoms with Crippen LogP contribution in [0.15, 0.2) is 24.3 Å². The summed E-state index contributed by atoms with van der Waals surface area (Å²) in [5.74, 6) is -0.320. The summed E-state index contributed by atoms with van der Waals surface area (Å²) in [4.78, 5) is 41.0. The molecular weight excluding hydrogens is 354 g/mol. The maximum atomic E-state index is 12.7.